The normalized spacial score (nSPS) is 13.5. The van der Waals surface area contributed by atoms with E-state index in [9.17, 15) is 4.79 Å². The molecule has 1 amide bonds. The topological polar surface area (TPSA) is 51.5 Å². The Morgan fingerprint density at radius 2 is 1.88 bits per heavy atom. The van der Waals surface area contributed by atoms with Gasteiger partial charge in [0.05, 0.1) is 6.04 Å². The molecule has 24 heavy (non-hydrogen) atoms. The molecular weight excluding hydrogens is 302 g/mol. The van der Waals surface area contributed by atoms with E-state index in [4.69, 9.17) is 9.15 Å². The molecular formula is C20H21NO3. The number of hydrogen-bond donors (Lipinski definition) is 1. The zero-order chi connectivity index (χ0) is 17.1. The van der Waals surface area contributed by atoms with E-state index in [-0.39, 0.29) is 11.9 Å². The van der Waals surface area contributed by atoms with Gasteiger partial charge in [-0.3, -0.25) is 4.79 Å². The van der Waals surface area contributed by atoms with Gasteiger partial charge in [-0.1, -0.05) is 30.3 Å². The number of fused-ring (bicyclic) bond motifs is 1. The van der Waals surface area contributed by atoms with Gasteiger partial charge in [0.25, 0.3) is 5.91 Å². The van der Waals surface area contributed by atoms with Crippen molar-refractivity contribution in [3.63, 3.8) is 0 Å². The van der Waals surface area contributed by atoms with E-state index >= 15 is 0 Å². The van der Waals surface area contributed by atoms with Crippen molar-refractivity contribution in [3.8, 4) is 5.75 Å². The minimum Gasteiger partial charge on any atom is -0.481 e. The average molecular weight is 323 g/mol. The van der Waals surface area contributed by atoms with Crippen LogP contribution in [0.25, 0.3) is 11.0 Å². The first-order chi connectivity index (χ1) is 11.5. The van der Waals surface area contributed by atoms with Gasteiger partial charge in [0.15, 0.2) is 6.10 Å². The molecule has 3 rings (SSSR count). The number of aryl methyl sites for hydroxylation is 1. The highest BCUT2D eigenvalue weighted by atomic mass is 16.5. The Hall–Kier alpha value is -2.75. The number of benzene rings is 2. The van der Waals surface area contributed by atoms with Crippen molar-refractivity contribution in [2.45, 2.75) is 32.9 Å². The Morgan fingerprint density at radius 3 is 2.62 bits per heavy atom. The zero-order valence-electron chi connectivity index (χ0n) is 14.1. The van der Waals surface area contributed by atoms with Crippen molar-refractivity contribution in [1.82, 2.24) is 5.32 Å². The molecule has 2 aromatic carbocycles. The first kappa shape index (κ1) is 16.1. The molecule has 0 radical (unpaired) electrons. The van der Waals surface area contributed by atoms with Crippen LogP contribution in [0.2, 0.25) is 0 Å². The Kier molecular flexibility index (Phi) is 4.56. The molecule has 0 fully saturated rings. The number of para-hydroxylation sites is 1. The Labute approximate surface area is 141 Å². The molecule has 0 bridgehead atoms. The van der Waals surface area contributed by atoms with Crippen molar-refractivity contribution in [1.29, 1.82) is 0 Å². The lowest BCUT2D eigenvalue weighted by Gasteiger charge is -2.17. The highest BCUT2D eigenvalue weighted by Crippen LogP contribution is 2.23. The standard InChI is InChI=1S/C20H21NO3/c1-13-7-6-9-17(11-13)23-15(3)20(22)21-14(2)19-12-16-8-4-5-10-18(16)24-19/h4-12,14-15H,1-3H3,(H,21,22). The molecule has 0 aliphatic carbocycles. The monoisotopic (exact) mass is 323 g/mol. The summed E-state index contributed by atoms with van der Waals surface area (Å²) in [5.41, 5.74) is 1.91. The highest BCUT2D eigenvalue weighted by molar-refractivity contribution is 5.82. The summed E-state index contributed by atoms with van der Waals surface area (Å²) in [6.07, 6.45) is -0.585. The van der Waals surface area contributed by atoms with E-state index in [1.54, 1.807) is 6.92 Å². The zero-order valence-corrected chi connectivity index (χ0v) is 14.1. The van der Waals surface area contributed by atoms with Crippen molar-refractivity contribution >= 4 is 16.9 Å². The van der Waals surface area contributed by atoms with Crippen molar-refractivity contribution in [3.05, 3.63) is 65.9 Å². The van der Waals surface area contributed by atoms with Crippen LogP contribution in [0.1, 0.15) is 31.2 Å². The molecule has 1 N–H and O–H groups in total. The van der Waals surface area contributed by atoms with Gasteiger partial charge in [0, 0.05) is 5.39 Å². The van der Waals surface area contributed by atoms with Crippen LogP contribution >= 0.6 is 0 Å². The summed E-state index contributed by atoms with van der Waals surface area (Å²) in [5.74, 6) is 1.24. The third-order valence-electron chi connectivity index (χ3n) is 3.90. The SMILES string of the molecule is Cc1cccc(OC(C)C(=O)NC(C)c2cc3ccccc3o2)c1. The summed E-state index contributed by atoms with van der Waals surface area (Å²) < 4.78 is 11.5. The van der Waals surface area contributed by atoms with Crippen molar-refractivity contribution in [2.24, 2.45) is 0 Å². The molecule has 2 atom stereocenters. The fourth-order valence-corrected chi connectivity index (χ4v) is 2.56. The maximum Gasteiger partial charge on any atom is 0.261 e. The molecule has 0 saturated heterocycles. The predicted octanol–water partition coefficient (Wildman–Crippen LogP) is 4.39. The fourth-order valence-electron chi connectivity index (χ4n) is 2.56. The maximum atomic E-state index is 12.4. The molecule has 1 aromatic heterocycles. The van der Waals surface area contributed by atoms with Crippen LogP contribution < -0.4 is 10.1 Å². The third kappa shape index (κ3) is 3.59. The quantitative estimate of drug-likeness (QED) is 0.758. The predicted molar refractivity (Wildman–Crippen MR) is 94.0 cm³/mol. The molecule has 4 nitrogen and oxygen atoms in total. The maximum absolute atomic E-state index is 12.4. The second kappa shape index (κ2) is 6.79. The van der Waals surface area contributed by atoms with Crippen LogP contribution in [-0.2, 0) is 4.79 Å². The molecule has 124 valence electrons. The molecule has 0 aliphatic rings. The number of hydrogen-bond acceptors (Lipinski definition) is 3. The van der Waals surface area contributed by atoms with E-state index in [0.717, 1.165) is 22.3 Å². The number of carbonyl (C=O) groups is 1. The van der Waals surface area contributed by atoms with E-state index in [1.165, 1.54) is 0 Å². The van der Waals surface area contributed by atoms with Crippen LogP contribution in [0.4, 0.5) is 0 Å². The fraction of sp³-hybridized carbons (Fsp3) is 0.250. The molecule has 0 spiro atoms. The van der Waals surface area contributed by atoms with Crippen LogP contribution in [0.15, 0.2) is 59.0 Å². The van der Waals surface area contributed by atoms with Gasteiger partial charge >= 0.3 is 0 Å². The summed E-state index contributed by atoms with van der Waals surface area (Å²) in [6.45, 7) is 5.62. The number of rotatable bonds is 5. The van der Waals surface area contributed by atoms with E-state index < -0.39 is 6.10 Å². The lowest BCUT2D eigenvalue weighted by atomic mass is 10.2. The second-order valence-electron chi connectivity index (χ2n) is 5.99. The van der Waals surface area contributed by atoms with Gasteiger partial charge < -0.3 is 14.5 Å². The van der Waals surface area contributed by atoms with E-state index in [2.05, 4.69) is 5.32 Å². The minimum atomic E-state index is -0.585. The van der Waals surface area contributed by atoms with Crippen LogP contribution in [0, 0.1) is 6.92 Å². The van der Waals surface area contributed by atoms with Gasteiger partial charge in [0.2, 0.25) is 0 Å². The van der Waals surface area contributed by atoms with Crippen molar-refractivity contribution < 1.29 is 13.9 Å². The summed E-state index contributed by atoms with van der Waals surface area (Å²) in [7, 11) is 0. The highest BCUT2D eigenvalue weighted by Gasteiger charge is 2.19. The van der Waals surface area contributed by atoms with Gasteiger partial charge in [-0.2, -0.15) is 0 Å². The second-order valence-corrected chi connectivity index (χ2v) is 5.99. The van der Waals surface area contributed by atoms with Crippen LogP contribution in [-0.4, -0.2) is 12.0 Å². The van der Waals surface area contributed by atoms with E-state index in [1.807, 2.05) is 68.4 Å². The lowest BCUT2D eigenvalue weighted by molar-refractivity contribution is -0.128. The summed E-state index contributed by atoms with van der Waals surface area (Å²) >= 11 is 0. The minimum absolute atomic E-state index is 0.176. The largest absolute Gasteiger partial charge is 0.481 e. The van der Waals surface area contributed by atoms with E-state index in [0.29, 0.717) is 5.75 Å². The molecule has 1 heterocycles. The Morgan fingerprint density at radius 1 is 1.08 bits per heavy atom. The number of ether oxygens (including phenoxy) is 1. The Bertz CT molecular complexity index is 820. The van der Waals surface area contributed by atoms with Gasteiger partial charge in [0.1, 0.15) is 17.1 Å². The lowest BCUT2D eigenvalue weighted by Crippen LogP contribution is -2.37. The molecule has 2 unspecified atom stereocenters. The smallest absolute Gasteiger partial charge is 0.261 e. The first-order valence-corrected chi connectivity index (χ1v) is 8.05. The number of furan rings is 1. The third-order valence-corrected chi connectivity index (χ3v) is 3.90. The molecule has 0 saturated carbocycles. The average Bonchev–Trinajstić information content (AvgIpc) is 2.99. The van der Waals surface area contributed by atoms with Gasteiger partial charge in [-0.15, -0.1) is 0 Å². The number of carbonyl (C=O) groups excluding carboxylic acids is 1. The van der Waals surface area contributed by atoms with Crippen LogP contribution in [0.5, 0.6) is 5.75 Å². The molecule has 3 aromatic rings. The first-order valence-electron chi connectivity index (χ1n) is 8.05. The van der Waals surface area contributed by atoms with Crippen LogP contribution in [0.3, 0.4) is 0 Å². The molecule has 0 aliphatic heterocycles. The number of amides is 1. The van der Waals surface area contributed by atoms with Crippen molar-refractivity contribution in [2.75, 3.05) is 0 Å². The number of nitrogens with one attached hydrogen (secondary N) is 1. The summed E-state index contributed by atoms with van der Waals surface area (Å²) in [6, 6.07) is 17.2. The van der Waals surface area contributed by atoms with Gasteiger partial charge in [-0.05, 0) is 50.6 Å². The Balaban J connectivity index is 1.64. The summed E-state index contributed by atoms with van der Waals surface area (Å²) in [5, 5.41) is 3.96. The summed E-state index contributed by atoms with van der Waals surface area (Å²) in [4.78, 5) is 12.4. The van der Waals surface area contributed by atoms with Gasteiger partial charge in [-0.25, -0.2) is 0 Å². The molecule has 4 heteroatoms.